The van der Waals surface area contributed by atoms with E-state index in [-0.39, 0.29) is 24.8 Å². The summed E-state index contributed by atoms with van der Waals surface area (Å²) in [6.07, 6.45) is -3.44. The Bertz CT molecular complexity index is 1610. The number of primary amides is 1. The molecule has 1 fully saturated rings. The number of anilines is 1. The van der Waals surface area contributed by atoms with Crippen LogP contribution in [0.25, 0.3) is 0 Å². The van der Waals surface area contributed by atoms with Crippen molar-refractivity contribution in [3.05, 3.63) is 94.5 Å². The lowest BCUT2D eigenvalue weighted by molar-refractivity contribution is -0.928. The molecule has 11 nitrogen and oxygen atoms in total. The number of nitrogens with one attached hydrogen (secondary N) is 1. The lowest BCUT2D eigenvalue weighted by Crippen LogP contribution is -2.62. The molecule has 0 spiro atoms. The third-order valence-corrected chi connectivity index (χ3v) is 8.11. The number of halogens is 4. The smallest absolute Gasteiger partial charge is 0.430 e. The molecule has 1 unspecified atom stereocenters. The van der Waals surface area contributed by atoms with Crippen LogP contribution in [0.3, 0.4) is 0 Å². The van der Waals surface area contributed by atoms with Crippen LogP contribution in [0.1, 0.15) is 41.3 Å². The molecule has 264 valence electrons. The third kappa shape index (κ3) is 11.7. The molecule has 3 aromatic carbocycles. The minimum atomic E-state index is -5.19. The van der Waals surface area contributed by atoms with Gasteiger partial charge in [-0.3, -0.25) is 4.79 Å². The minimum absolute atomic E-state index is 0.108. The van der Waals surface area contributed by atoms with Crippen LogP contribution in [0.2, 0.25) is 5.02 Å². The summed E-state index contributed by atoms with van der Waals surface area (Å²) in [6, 6.07) is 19.0. The van der Waals surface area contributed by atoms with Gasteiger partial charge in [0.25, 0.3) is 0 Å². The number of piperidine rings is 1. The van der Waals surface area contributed by atoms with Crippen molar-refractivity contribution < 1.29 is 51.8 Å². The molecule has 4 rings (SSSR count). The largest absolute Gasteiger partial charge is 0.542 e. The summed E-state index contributed by atoms with van der Waals surface area (Å²) in [6.45, 7) is 4.24. The van der Waals surface area contributed by atoms with E-state index in [0.29, 0.717) is 33.7 Å². The molecular weight excluding hydrogens is 669 g/mol. The number of likely N-dealkylation sites (tertiary alicyclic amines) is 1. The Balaban J connectivity index is 0.000000838. The molecule has 1 saturated heterocycles. The SMILES string of the molecule is CCOC(=O)c1ccc(NC(=O)N([C@@H]2CCC[N+](C)(Cc3cccc(Cl)c3)C2)[C@@H](Cc2ccc(O)cc2)C(N)=O)cc1.O=C([O-])C(F)(F)F. The summed E-state index contributed by atoms with van der Waals surface area (Å²) < 4.78 is 37.3. The number of amides is 3. The highest BCUT2D eigenvalue weighted by Gasteiger charge is 2.41. The normalized spacial score (nSPS) is 17.9. The maximum atomic E-state index is 14.0. The fraction of sp³-hybridized carbons (Fsp3) is 0.353. The van der Waals surface area contributed by atoms with E-state index in [4.69, 9.17) is 32.0 Å². The van der Waals surface area contributed by atoms with Gasteiger partial charge >= 0.3 is 18.2 Å². The lowest BCUT2D eigenvalue weighted by atomic mass is 9.96. The lowest BCUT2D eigenvalue weighted by Gasteiger charge is -2.46. The molecule has 49 heavy (non-hydrogen) atoms. The molecule has 1 aliphatic heterocycles. The number of nitrogens with two attached hydrogens (primary N) is 1. The average Bonchev–Trinajstić information content (AvgIpc) is 3.02. The van der Waals surface area contributed by atoms with Crippen molar-refractivity contribution in [2.24, 2.45) is 5.73 Å². The van der Waals surface area contributed by atoms with Crippen LogP contribution in [-0.4, -0.2) is 83.4 Å². The van der Waals surface area contributed by atoms with Crippen LogP contribution in [0.5, 0.6) is 5.75 Å². The van der Waals surface area contributed by atoms with Crippen molar-refractivity contribution in [1.82, 2.24) is 4.90 Å². The van der Waals surface area contributed by atoms with Gasteiger partial charge in [0.05, 0.1) is 38.3 Å². The van der Waals surface area contributed by atoms with Gasteiger partial charge in [0.1, 0.15) is 24.3 Å². The summed E-state index contributed by atoms with van der Waals surface area (Å²) >= 11 is 6.25. The molecule has 3 amide bonds. The van der Waals surface area contributed by atoms with Crippen molar-refractivity contribution in [2.75, 3.05) is 32.1 Å². The second-order valence-corrected chi connectivity index (χ2v) is 12.3. The van der Waals surface area contributed by atoms with Crippen molar-refractivity contribution >= 4 is 41.2 Å². The van der Waals surface area contributed by atoms with E-state index in [1.807, 2.05) is 24.3 Å². The number of esters is 1. The van der Waals surface area contributed by atoms with Gasteiger partial charge in [-0.05, 0) is 73.9 Å². The summed E-state index contributed by atoms with van der Waals surface area (Å²) in [5, 5.41) is 22.1. The highest BCUT2D eigenvalue weighted by Crippen LogP contribution is 2.28. The predicted molar refractivity (Wildman–Crippen MR) is 173 cm³/mol. The maximum Gasteiger partial charge on any atom is 0.430 e. The number of benzene rings is 3. The monoisotopic (exact) mass is 706 g/mol. The first-order valence-electron chi connectivity index (χ1n) is 15.3. The fourth-order valence-electron chi connectivity index (χ4n) is 5.69. The van der Waals surface area contributed by atoms with Crippen LogP contribution in [-0.2, 0) is 27.3 Å². The van der Waals surface area contributed by atoms with Crippen molar-refractivity contribution in [2.45, 2.75) is 51.0 Å². The van der Waals surface area contributed by atoms with Gasteiger partial charge in [-0.1, -0.05) is 35.9 Å². The number of carbonyl (C=O) groups is 4. The van der Waals surface area contributed by atoms with E-state index in [2.05, 4.69) is 12.4 Å². The molecule has 4 N–H and O–H groups in total. The number of hydrogen-bond acceptors (Lipinski definition) is 7. The van der Waals surface area contributed by atoms with E-state index >= 15 is 0 Å². The Labute approximate surface area is 286 Å². The third-order valence-electron chi connectivity index (χ3n) is 7.88. The Hall–Kier alpha value is -4.82. The van der Waals surface area contributed by atoms with Gasteiger partial charge in [-0.15, -0.1) is 0 Å². The number of ether oxygens (including phenoxy) is 1. The highest BCUT2D eigenvalue weighted by molar-refractivity contribution is 6.30. The molecule has 0 aromatic heterocycles. The molecule has 15 heteroatoms. The zero-order valence-corrected chi connectivity index (χ0v) is 27.7. The second kappa shape index (κ2) is 17.0. The number of likely N-dealkylation sites (N-methyl/N-ethyl adjacent to an activating group) is 1. The zero-order chi connectivity index (χ0) is 36.4. The molecule has 3 aromatic rings. The van der Waals surface area contributed by atoms with Gasteiger partial charge in [0.2, 0.25) is 5.91 Å². The number of quaternary nitrogens is 1. The van der Waals surface area contributed by atoms with Gasteiger partial charge in [0, 0.05) is 22.7 Å². The number of phenolic OH excluding ortho intramolecular Hbond substituents is 1. The fourth-order valence-corrected chi connectivity index (χ4v) is 5.90. The first kappa shape index (κ1) is 38.6. The quantitative estimate of drug-likeness (QED) is 0.210. The Morgan fingerprint density at radius 2 is 1.71 bits per heavy atom. The number of alkyl halides is 3. The molecule has 0 radical (unpaired) electrons. The van der Waals surface area contributed by atoms with Crippen LogP contribution in [0.15, 0.2) is 72.8 Å². The number of carbonyl (C=O) groups excluding carboxylic acids is 4. The van der Waals surface area contributed by atoms with E-state index < -0.39 is 36.1 Å². The van der Waals surface area contributed by atoms with Crippen molar-refractivity contribution in [3.8, 4) is 5.75 Å². The van der Waals surface area contributed by atoms with Crippen LogP contribution in [0.4, 0.5) is 23.7 Å². The standard InChI is InChI=1S/C32H37ClN4O5.C2HF3O2/c1-3-42-31(40)24-11-13-26(14-12-24)35-32(41)36(29(30(34)39)19-22-9-15-28(38)16-10-22)27-8-5-17-37(2,21-27)20-23-6-4-7-25(33)18-23;3-2(4,5)1(6)7/h4,6-7,9-16,18,27,29H,3,5,8,17,19-21H2,1-2H3,(H3-,34,35,38,39,40,41);(H,6,7)/t27-,29+,37?;/m1./s1. The minimum Gasteiger partial charge on any atom is -0.542 e. The molecule has 3 atom stereocenters. The number of aliphatic carboxylic acids is 1. The number of urea groups is 1. The van der Waals surface area contributed by atoms with Gasteiger partial charge < -0.3 is 40.2 Å². The van der Waals surface area contributed by atoms with Crippen LogP contribution >= 0.6 is 11.6 Å². The Morgan fingerprint density at radius 3 is 2.27 bits per heavy atom. The summed E-state index contributed by atoms with van der Waals surface area (Å²) in [4.78, 5) is 49.4. The molecule has 1 heterocycles. The van der Waals surface area contributed by atoms with E-state index in [1.165, 1.54) is 0 Å². The highest BCUT2D eigenvalue weighted by atomic mass is 35.5. The van der Waals surface area contributed by atoms with Gasteiger partial charge in [-0.25, -0.2) is 9.59 Å². The number of aromatic hydroxyl groups is 1. The van der Waals surface area contributed by atoms with Crippen molar-refractivity contribution in [1.29, 1.82) is 0 Å². The number of rotatable bonds is 10. The number of phenols is 1. The molecular formula is C34H38ClF3N4O7. The summed E-state index contributed by atoms with van der Waals surface area (Å²) in [5.41, 5.74) is 8.66. The Kier molecular flexibility index (Phi) is 13.4. The van der Waals surface area contributed by atoms with E-state index in [1.54, 1.807) is 60.4 Å². The number of nitrogens with zero attached hydrogens (tertiary/aromatic N) is 2. The first-order chi connectivity index (χ1) is 23.0. The van der Waals surface area contributed by atoms with E-state index in [0.717, 1.165) is 30.6 Å². The van der Waals surface area contributed by atoms with Crippen LogP contribution < -0.4 is 16.2 Å². The summed E-state index contributed by atoms with van der Waals surface area (Å²) in [7, 11) is 2.15. The average molecular weight is 707 g/mol. The van der Waals surface area contributed by atoms with Crippen molar-refractivity contribution in [3.63, 3.8) is 0 Å². The second-order valence-electron chi connectivity index (χ2n) is 11.8. The molecule has 0 bridgehead atoms. The van der Waals surface area contributed by atoms with E-state index in [9.17, 15) is 32.7 Å². The van der Waals surface area contributed by atoms with Crippen LogP contribution in [0, 0.1) is 0 Å². The molecule has 0 aliphatic carbocycles. The number of hydrogen-bond donors (Lipinski definition) is 3. The number of carboxylic acids is 1. The predicted octanol–water partition coefficient (Wildman–Crippen LogP) is 4.26. The Morgan fingerprint density at radius 1 is 1.08 bits per heavy atom. The topological polar surface area (TPSA) is 162 Å². The van der Waals surface area contributed by atoms with Gasteiger partial charge in [0.15, 0.2) is 0 Å². The zero-order valence-electron chi connectivity index (χ0n) is 26.9. The molecule has 0 saturated carbocycles. The first-order valence-corrected chi connectivity index (χ1v) is 15.7. The molecule has 1 aliphatic rings. The number of carboxylic acid groups (broad SMARTS) is 1. The van der Waals surface area contributed by atoms with Gasteiger partial charge in [-0.2, -0.15) is 13.2 Å². The maximum absolute atomic E-state index is 14.0. The summed E-state index contributed by atoms with van der Waals surface area (Å²) in [5.74, 6) is -3.96.